The Labute approximate surface area is 365 Å². The molecule has 1 aliphatic heterocycles. The summed E-state index contributed by atoms with van der Waals surface area (Å²) in [5.41, 5.74) is 16.6. The lowest BCUT2D eigenvalue weighted by atomic mass is 9.67. The van der Waals surface area contributed by atoms with Crippen molar-refractivity contribution in [3.05, 3.63) is 253 Å². The van der Waals surface area contributed by atoms with E-state index in [0.29, 0.717) is 0 Å². The summed E-state index contributed by atoms with van der Waals surface area (Å²) in [4.78, 5) is 5.10. The van der Waals surface area contributed by atoms with Crippen molar-refractivity contribution in [3.63, 3.8) is 0 Å². The molecule has 0 saturated heterocycles. The summed E-state index contributed by atoms with van der Waals surface area (Å²) in [7, 11) is 0. The topological polar surface area (TPSA) is 8.17 Å². The summed E-state index contributed by atoms with van der Waals surface area (Å²) in [6.45, 7) is 0. The van der Waals surface area contributed by atoms with Crippen LogP contribution < -0.4 is 4.90 Å². The van der Waals surface area contributed by atoms with Crippen LogP contribution in [0, 0.1) is 0 Å². The molecule has 0 atom stereocenters. The molecular weight excluding hydrogens is 769 g/mol. The van der Waals surface area contributed by atoms with Gasteiger partial charge in [0.1, 0.15) is 0 Å². The lowest BCUT2D eigenvalue weighted by Crippen LogP contribution is -2.32. The van der Waals surface area contributed by atoms with E-state index >= 15 is 0 Å². The standard InChI is InChI=1S/C59H38N2S/c1-3-17-39(18-4-1)45-23-9-13-27-54(45)60(43-32-34-56-49(37-43)47-24-10-14-28-55(47)61(56)42-21-5-2-6-22-42)44-31-33-46-48-35-40-19-7-8-20-41(40)36-52(48)59(53(46)38-44)50-25-11-15-29-57(50)62-58-30-16-12-26-51(58)59/h1-38H. The van der Waals surface area contributed by atoms with Crippen LogP contribution in [0.1, 0.15) is 22.3 Å². The van der Waals surface area contributed by atoms with E-state index < -0.39 is 5.41 Å². The van der Waals surface area contributed by atoms with Crippen LogP contribution in [0.3, 0.4) is 0 Å². The summed E-state index contributed by atoms with van der Waals surface area (Å²) >= 11 is 1.89. The maximum absolute atomic E-state index is 2.52. The van der Waals surface area contributed by atoms with Crippen molar-refractivity contribution in [2.45, 2.75) is 15.2 Å². The molecule has 290 valence electrons. The maximum atomic E-state index is 2.52. The van der Waals surface area contributed by atoms with E-state index in [9.17, 15) is 0 Å². The summed E-state index contributed by atoms with van der Waals surface area (Å²) < 4.78 is 2.40. The molecule has 10 aromatic carbocycles. The Morgan fingerprint density at radius 1 is 0.371 bits per heavy atom. The number of nitrogens with zero attached hydrogens (tertiary/aromatic N) is 2. The summed E-state index contributed by atoms with van der Waals surface area (Å²) in [5, 5.41) is 4.96. The molecule has 1 spiro atoms. The molecule has 0 bridgehead atoms. The van der Waals surface area contributed by atoms with Crippen molar-refractivity contribution in [1.82, 2.24) is 4.57 Å². The number of anilines is 3. The molecule has 2 heterocycles. The lowest BCUT2D eigenvalue weighted by Gasteiger charge is -2.40. The Kier molecular flexibility index (Phi) is 7.79. The van der Waals surface area contributed by atoms with Gasteiger partial charge in [-0.3, -0.25) is 0 Å². The van der Waals surface area contributed by atoms with Gasteiger partial charge < -0.3 is 9.47 Å². The zero-order valence-electron chi connectivity index (χ0n) is 33.7. The largest absolute Gasteiger partial charge is 0.310 e. The molecular formula is C59H38N2S. The minimum absolute atomic E-state index is 0.527. The van der Waals surface area contributed by atoms with Gasteiger partial charge in [0.05, 0.1) is 22.1 Å². The summed E-state index contributed by atoms with van der Waals surface area (Å²) in [5.74, 6) is 0. The molecule has 3 heteroatoms. The van der Waals surface area contributed by atoms with Gasteiger partial charge in [0.2, 0.25) is 0 Å². The van der Waals surface area contributed by atoms with Crippen LogP contribution in [0.2, 0.25) is 0 Å². The first-order valence-electron chi connectivity index (χ1n) is 21.3. The predicted molar refractivity (Wildman–Crippen MR) is 260 cm³/mol. The molecule has 2 aliphatic rings. The van der Waals surface area contributed by atoms with E-state index in [2.05, 4.69) is 240 Å². The first-order valence-corrected chi connectivity index (χ1v) is 22.2. The molecule has 11 aromatic rings. The molecule has 0 saturated carbocycles. The highest BCUT2D eigenvalue weighted by molar-refractivity contribution is 7.99. The Balaban J connectivity index is 1.12. The Bertz CT molecular complexity index is 3520. The first kappa shape index (κ1) is 35.2. The third-order valence-electron chi connectivity index (χ3n) is 13.2. The van der Waals surface area contributed by atoms with Crippen molar-refractivity contribution in [2.24, 2.45) is 0 Å². The van der Waals surface area contributed by atoms with Crippen LogP contribution in [-0.4, -0.2) is 4.57 Å². The van der Waals surface area contributed by atoms with Crippen LogP contribution in [-0.2, 0) is 5.41 Å². The Hall–Kier alpha value is -7.59. The normalized spacial score (nSPS) is 13.2. The number of aromatic nitrogens is 1. The van der Waals surface area contributed by atoms with Gasteiger partial charge in [0.25, 0.3) is 0 Å². The second-order valence-corrected chi connectivity index (χ2v) is 17.5. The van der Waals surface area contributed by atoms with E-state index in [1.165, 1.54) is 86.9 Å². The van der Waals surface area contributed by atoms with Crippen molar-refractivity contribution in [3.8, 4) is 27.9 Å². The SMILES string of the molecule is c1ccc(-c2ccccc2N(c2ccc3c(c2)C2(c4ccccc4Sc4ccccc42)c2cc4ccccc4cc2-3)c2ccc3c(c2)c2ccccc2n3-c2ccccc2)cc1. The third-order valence-corrected chi connectivity index (χ3v) is 14.4. The molecule has 0 radical (unpaired) electrons. The highest BCUT2D eigenvalue weighted by atomic mass is 32.2. The molecule has 62 heavy (non-hydrogen) atoms. The zero-order chi connectivity index (χ0) is 40.8. The third kappa shape index (κ3) is 5.06. The van der Waals surface area contributed by atoms with E-state index in [0.717, 1.165) is 22.7 Å². The minimum Gasteiger partial charge on any atom is -0.310 e. The average Bonchev–Trinajstić information content (AvgIpc) is 3.81. The van der Waals surface area contributed by atoms with Crippen molar-refractivity contribution in [1.29, 1.82) is 0 Å². The van der Waals surface area contributed by atoms with E-state index in [1.54, 1.807) is 0 Å². The van der Waals surface area contributed by atoms with Crippen LogP contribution in [0.15, 0.2) is 240 Å². The van der Waals surface area contributed by atoms with Gasteiger partial charge in [0.15, 0.2) is 0 Å². The van der Waals surface area contributed by atoms with Crippen LogP contribution in [0.4, 0.5) is 17.1 Å². The van der Waals surface area contributed by atoms with E-state index in [1.807, 2.05) is 11.8 Å². The fourth-order valence-corrected chi connectivity index (χ4v) is 11.8. The highest BCUT2D eigenvalue weighted by Gasteiger charge is 2.50. The summed E-state index contributed by atoms with van der Waals surface area (Å²) in [6.07, 6.45) is 0. The second-order valence-electron chi connectivity index (χ2n) is 16.4. The van der Waals surface area contributed by atoms with Gasteiger partial charge >= 0.3 is 0 Å². The number of fused-ring (bicyclic) bond motifs is 13. The molecule has 0 unspecified atom stereocenters. The second kappa shape index (κ2) is 13.7. The quantitative estimate of drug-likeness (QED) is 0.171. The average molecular weight is 807 g/mol. The lowest BCUT2D eigenvalue weighted by molar-refractivity contribution is 0.723. The van der Waals surface area contributed by atoms with E-state index in [-0.39, 0.29) is 0 Å². The van der Waals surface area contributed by atoms with Gasteiger partial charge in [-0.15, -0.1) is 0 Å². The molecule has 13 rings (SSSR count). The monoisotopic (exact) mass is 806 g/mol. The van der Waals surface area contributed by atoms with Crippen LogP contribution in [0.5, 0.6) is 0 Å². The fraction of sp³-hybridized carbons (Fsp3) is 0.0169. The number of benzene rings is 10. The number of para-hydroxylation sites is 3. The van der Waals surface area contributed by atoms with Crippen LogP contribution >= 0.6 is 11.8 Å². The van der Waals surface area contributed by atoms with Gasteiger partial charge in [-0.25, -0.2) is 0 Å². The fourth-order valence-electron chi connectivity index (χ4n) is 10.6. The molecule has 0 N–H and O–H groups in total. The molecule has 0 amide bonds. The van der Waals surface area contributed by atoms with Gasteiger partial charge in [-0.2, -0.15) is 0 Å². The van der Waals surface area contributed by atoms with Crippen LogP contribution in [0.25, 0.3) is 60.5 Å². The molecule has 1 aromatic heterocycles. The first-order chi connectivity index (χ1) is 30.8. The van der Waals surface area contributed by atoms with Gasteiger partial charge in [0, 0.05) is 43.2 Å². The number of rotatable bonds is 5. The molecule has 0 fully saturated rings. The maximum Gasteiger partial charge on any atom is 0.0736 e. The van der Waals surface area contributed by atoms with Crippen molar-refractivity contribution in [2.75, 3.05) is 4.90 Å². The van der Waals surface area contributed by atoms with E-state index in [4.69, 9.17) is 0 Å². The van der Waals surface area contributed by atoms with Crippen molar-refractivity contribution >= 4 is 61.4 Å². The highest BCUT2D eigenvalue weighted by Crippen LogP contribution is 2.63. The van der Waals surface area contributed by atoms with Crippen molar-refractivity contribution < 1.29 is 0 Å². The van der Waals surface area contributed by atoms with Gasteiger partial charge in [-0.05, 0) is 129 Å². The Morgan fingerprint density at radius 2 is 0.952 bits per heavy atom. The Morgan fingerprint density at radius 3 is 1.74 bits per heavy atom. The summed E-state index contributed by atoms with van der Waals surface area (Å²) in [6, 6.07) is 85.5. The molecule has 1 aliphatic carbocycles. The number of hydrogen-bond acceptors (Lipinski definition) is 2. The number of hydrogen-bond donors (Lipinski definition) is 0. The predicted octanol–water partition coefficient (Wildman–Crippen LogP) is 15.9. The minimum atomic E-state index is -0.527. The molecule has 2 nitrogen and oxygen atoms in total. The zero-order valence-corrected chi connectivity index (χ0v) is 34.6. The smallest absolute Gasteiger partial charge is 0.0736 e. The van der Waals surface area contributed by atoms with Gasteiger partial charge in [-0.1, -0.05) is 163 Å².